The maximum atomic E-state index is 15.0. The highest BCUT2D eigenvalue weighted by Gasteiger charge is 2.29. The molecule has 0 aliphatic heterocycles. The fraction of sp³-hybridized carbons (Fsp3) is 0.222. The average Bonchev–Trinajstić information content (AvgIpc) is 3.17. The number of carboxylic acid groups (broad SMARTS) is 1. The molecule has 0 spiro atoms. The molecule has 0 aromatic heterocycles. The van der Waals surface area contributed by atoms with Crippen LogP contribution >= 0.6 is 0 Å². The number of carboxylic acids is 1. The molecule has 1 atom stereocenters. The number of carbonyl (C=O) groups is 3. The number of ether oxygens (including phenoxy) is 1. The van der Waals surface area contributed by atoms with Crippen molar-refractivity contribution in [2.24, 2.45) is 5.92 Å². The first kappa shape index (κ1) is 23.9. The number of nitrogens with zero attached hydrogens (tertiary/aromatic N) is 1. The number of nitrogens with one attached hydrogen (secondary N) is 1. The van der Waals surface area contributed by atoms with E-state index >= 15 is 4.39 Å². The Kier molecular flexibility index (Phi) is 6.82. The van der Waals surface area contributed by atoms with Crippen molar-refractivity contribution in [3.05, 3.63) is 89.2 Å². The van der Waals surface area contributed by atoms with Crippen LogP contribution in [0.15, 0.2) is 66.7 Å². The van der Waals surface area contributed by atoms with Gasteiger partial charge in [-0.15, -0.1) is 0 Å². The van der Waals surface area contributed by atoms with E-state index in [-0.39, 0.29) is 30.3 Å². The van der Waals surface area contributed by atoms with Crippen LogP contribution in [0.25, 0.3) is 11.1 Å². The third kappa shape index (κ3) is 4.87. The van der Waals surface area contributed by atoms with Gasteiger partial charge in [0, 0.05) is 19.5 Å². The summed E-state index contributed by atoms with van der Waals surface area (Å²) in [5.41, 5.74) is 3.82. The Morgan fingerprint density at radius 1 is 1.00 bits per heavy atom. The summed E-state index contributed by atoms with van der Waals surface area (Å²) in [4.78, 5) is 37.4. The summed E-state index contributed by atoms with van der Waals surface area (Å²) in [5.74, 6) is -3.62. The van der Waals surface area contributed by atoms with Gasteiger partial charge in [0.15, 0.2) is 5.82 Å². The Hall–Kier alpha value is -4.20. The standard InChI is InChI=1S/C27H25FN2O5/c1-16(26(32)33)14-30(2)25(31)21-12-7-13-23(24(21)28)29-27(34)35-15-22-19-10-5-3-8-17(19)18-9-4-6-11-20(18)22/h3-13,16,22H,14-15H2,1-2H3,(H,29,34)(H,32,33). The highest BCUT2D eigenvalue weighted by Crippen LogP contribution is 2.44. The molecule has 0 bridgehead atoms. The fourth-order valence-electron chi connectivity index (χ4n) is 4.32. The van der Waals surface area contributed by atoms with E-state index in [1.54, 1.807) is 0 Å². The van der Waals surface area contributed by atoms with E-state index in [9.17, 15) is 14.4 Å². The maximum absolute atomic E-state index is 15.0. The van der Waals surface area contributed by atoms with Crippen molar-refractivity contribution >= 4 is 23.7 Å². The highest BCUT2D eigenvalue weighted by molar-refractivity contribution is 5.96. The largest absolute Gasteiger partial charge is 0.481 e. The molecule has 0 saturated heterocycles. The molecule has 4 rings (SSSR count). The first-order valence-corrected chi connectivity index (χ1v) is 11.2. The summed E-state index contributed by atoms with van der Waals surface area (Å²) in [5, 5.41) is 11.4. The van der Waals surface area contributed by atoms with Crippen molar-refractivity contribution in [1.82, 2.24) is 4.90 Å². The molecule has 2 amide bonds. The van der Waals surface area contributed by atoms with Crippen molar-refractivity contribution < 1.29 is 28.6 Å². The molecule has 8 heteroatoms. The molecule has 35 heavy (non-hydrogen) atoms. The number of rotatable bonds is 7. The molecular formula is C27H25FN2O5. The molecule has 1 aliphatic rings. The molecule has 7 nitrogen and oxygen atoms in total. The summed E-state index contributed by atoms with van der Waals surface area (Å²) in [6.07, 6.45) is -0.844. The third-order valence-electron chi connectivity index (χ3n) is 6.13. The van der Waals surface area contributed by atoms with Gasteiger partial charge < -0.3 is 14.7 Å². The number of fused-ring (bicyclic) bond motifs is 3. The Bertz CT molecular complexity index is 1250. The first-order valence-electron chi connectivity index (χ1n) is 11.2. The van der Waals surface area contributed by atoms with Gasteiger partial charge in [-0.2, -0.15) is 0 Å². The minimum Gasteiger partial charge on any atom is -0.481 e. The number of benzene rings is 3. The number of aliphatic carboxylic acids is 1. The second-order valence-corrected chi connectivity index (χ2v) is 8.54. The monoisotopic (exact) mass is 476 g/mol. The second-order valence-electron chi connectivity index (χ2n) is 8.54. The van der Waals surface area contributed by atoms with E-state index in [1.165, 1.54) is 32.2 Å². The van der Waals surface area contributed by atoms with Crippen LogP contribution < -0.4 is 5.32 Å². The van der Waals surface area contributed by atoms with Gasteiger partial charge in [-0.25, -0.2) is 9.18 Å². The van der Waals surface area contributed by atoms with Gasteiger partial charge in [0.05, 0.1) is 17.2 Å². The van der Waals surface area contributed by atoms with Crippen LogP contribution in [0.5, 0.6) is 0 Å². The van der Waals surface area contributed by atoms with Crippen molar-refractivity contribution in [2.75, 3.05) is 25.5 Å². The molecule has 2 N–H and O–H groups in total. The summed E-state index contributed by atoms with van der Waals surface area (Å²) < 4.78 is 20.5. The summed E-state index contributed by atoms with van der Waals surface area (Å²) in [7, 11) is 1.40. The molecule has 1 aliphatic carbocycles. The molecule has 180 valence electrons. The number of amides is 2. The van der Waals surface area contributed by atoms with Crippen LogP contribution in [0, 0.1) is 11.7 Å². The van der Waals surface area contributed by atoms with Crippen LogP contribution in [0.4, 0.5) is 14.9 Å². The van der Waals surface area contributed by atoms with Gasteiger partial charge in [-0.05, 0) is 34.4 Å². The molecule has 0 heterocycles. The van der Waals surface area contributed by atoms with Crippen molar-refractivity contribution in [2.45, 2.75) is 12.8 Å². The fourth-order valence-corrected chi connectivity index (χ4v) is 4.32. The number of hydrogen-bond acceptors (Lipinski definition) is 4. The molecule has 0 radical (unpaired) electrons. The quantitative estimate of drug-likeness (QED) is 0.502. The molecular weight excluding hydrogens is 451 g/mol. The Morgan fingerprint density at radius 3 is 2.20 bits per heavy atom. The van der Waals surface area contributed by atoms with Gasteiger partial charge >= 0.3 is 12.1 Å². The number of halogens is 1. The van der Waals surface area contributed by atoms with Gasteiger partial charge in [-0.1, -0.05) is 61.5 Å². The maximum Gasteiger partial charge on any atom is 0.411 e. The Morgan fingerprint density at radius 2 is 1.60 bits per heavy atom. The smallest absolute Gasteiger partial charge is 0.411 e. The summed E-state index contributed by atoms with van der Waals surface area (Å²) in [6, 6.07) is 19.9. The molecule has 0 saturated carbocycles. The van der Waals surface area contributed by atoms with E-state index in [1.807, 2.05) is 48.5 Å². The lowest BCUT2D eigenvalue weighted by Crippen LogP contribution is -2.34. The third-order valence-corrected chi connectivity index (χ3v) is 6.13. The molecule has 3 aromatic rings. The topological polar surface area (TPSA) is 95.9 Å². The van der Waals surface area contributed by atoms with Crippen LogP contribution in [0.1, 0.15) is 34.3 Å². The lowest BCUT2D eigenvalue weighted by Gasteiger charge is -2.20. The minimum atomic E-state index is -1.06. The molecule has 3 aromatic carbocycles. The lowest BCUT2D eigenvalue weighted by atomic mass is 9.98. The van der Waals surface area contributed by atoms with Crippen LogP contribution in [-0.2, 0) is 9.53 Å². The van der Waals surface area contributed by atoms with Gasteiger partial charge in [0.1, 0.15) is 6.61 Å². The predicted octanol–water partition coefficient (Wildman–Crippen LogP) is 4.98. The Balaban J connectivity index is 1.44. The first-order chi connectivity index (χ1) is 16.8. The number of anilines is 1. The van der Waals surface area contributed by atoms with E-state index < -0.39 is 29.7 Å². The number of carbonyl (C=O) groups excluding carboxylic acids is 2. The Labute approximate surface area is 202 Å². The normalized spacial score (nSPS) is 12.9. The van der Waals surface area contributed by atoms with Gasteiger partial charge in [0.2, 0.25) is 0 Å². The van der Waals surface area contributed by atoms with Crippen molar-refractivity contribution in [3.63, 3.8) is 0 Å². The lowest BCUT2D eigenvalue weighted by molar-refractivity contribution is -0.141. The average molecular weight is 477 g/mol. The summed E-state index contributed by atoms with van der Waals surface area (Å²) >= 11 is 0. The van der Waals surface area contributed by atoms with E-state index in [4.69, 9.17) is 9.84 Å². The van der Waals surface area contributed by atoms with Crippen LogP contribution in [0.3, 0.4) is 0 Å². The van der Waals surface area contributed by atoms with E-state index in [0.29, 0.717) is 0 Å². The predicted molar refractivity (Wildman–Crippen MR) is 129 cm³/mol. The zero-order valence-electron chi connectivity index (χ0n) is 19.3. The molecule has 0 fully saturated rings. The molecule has 1 unspecified atom stereocenters. The zero-order chi connectivity index (χ0) is 25.1. The van der Waals surface area contributed by atoms with E-state index in [0.717, 1.165) is 27.2 Å². The van der Waals surface area contributed by atoms with Gasteiger partial charge in [-0.3, -0.25) is 14.9 Å². The number of hydrogen-bond donors (Lipinski definition) is 2. The SMILES string of the molecule is CC(CN(C)C(=O)c1cccc(NC(=O)OCC2c3ccccc3-c3ccccc32)c1F)C(=O)O. The second kappa shape index (κ2) is 9.97. The van der Waals surface area contributed by atoms with Crippen molar-refractivity contribution in [3.8, 4) is 11.1 Å². The highest BCUT2D eigenvalue weighted by atomic mass is 19.1. The van der Waals surface area contributed by atoms with Gasteiger partial charge in [0.25, 0.3) is 5.91 Å². The van der Waals surface area contributed by atoms with Crippen molar-refractivity contribution in [1.29, 1.82) is 0 Å². The van der Waals surface area contributed by atoms with E-state index in [2.05, 4.69) is 5.32 Å². The van der Waals surface area contributed by atoms with Crippen LogP contribution in [-0.4, -0.2) is 48.2 Å². The minimum absolute atomic E-state index is 0.0654. The summed E-state index contributed by atoms with van der Waals surface area (Å²) in [6.45, 7) is 1.44. The van der Waals surface area contributed by atoms with Crippen LogP contribution in [0.2, 0.25) is 0 Å². The zero-order valence-corrected chi connectivity index (χ0v) is 19.3.